The van der Waals surface area contributed by atoms with E-state index < -0.39 is 10.0 Å². The lowest BCUT2D eigenvalue weighted by Gasteiger charge is -2.11. The topological polar surface area (TPSA) is 58.2 Å². The largest absolute Gasteiger partial charge is 0.320 e. The molecule has 0 amide bonds. The fourth-order valence-electron chi connectivity index (χ4n) is 2.36. The van der Waals surface area contributed by atoms with E-state index in [1.807, 2.05) is 30.9 Å². The average molecular weight is 329 g/mol. The summed E-state index contributed by atoms with van der Waals surface area (Å²) >= 11 is 1.90. The molecule has 1 aliphatic rings. The molecular formula is C15H24N2O2S2. The van der Waals surface area contributed by atoms with Crippen molar-refractivity contribution in [3.05, 3.63) is 29.8 Å². The fourth-order valence-corrected chi connectivity index (χ4v) is 4.76. The van der Waals surface area contributed by atoms with Gasteiger partial charge in [0.15, 0.2) is 0 Å². The zero-order valence-corrected chi connectivity index (χ0v) is 14.1. The smallest absolute Gasteiger partial charge is 0.240 e. The molecule has 0 radical (unpaired) electrons. The van der Waals surface area contributed by atoms with Crippen molar-refractivity contribution in [3.8, 4) is 0 Å². The van der Waals surface area contributed by atoms with Gasteiger partial charge in [-0.25, -0.2) is 13.1 Å². The fraction of sp³-hybridized carbons (Fsp3) is 0.600. The minimum Gasteiger partial charge on any atom is -0.320 e. The van der Waals surface area contributed by atoms with E-state index in [0.29, 0.717) is 17.4 Å². The Morgan fingerprint density at radius 1 is 1.29 bits per heavy atom. The highest BCUT2D eigenvalue weighted by molar-refractivity contribution is 7.99. The molecule has 1 atom stereocenters. The first kappa shape index (κ1) is 16.8. The second kappa shape index (κ2) is 8.17. The lowest BCUT2D eigenvalue weighted by molar-refractivity contribution is 0.546. The van der Waals surface area contributed by atoms with Crippen molar-refractivity contribution in [2.24, 2.45) is 5.92 Å². The van der Waals surface area contributed by atoms with E-state index in [0.717, 1.165) is 37.3 Å². The number of sulfonamides is 1. The molecule has 1 saturated heterocycles. The first-order valence-electron chi connectivity index (χ1n) is 7.43. The van der Waals surface area contributed by atoms with Crippen LogP contribution in [-0.2, 0) is 16.4 Å². The van der Waals surface area contributed by atoms with E-state index in [4.69, 9.17) is 0 Å². The Bertz CT molecular complexity index is 523. The highest BCUT2D eigenvalue weighted by Gasteiger charge is 2.19. The number of hydrogen-bond acceptors (Lipinski definition) is 4. The molecule has 1 fully saturated rings. The molecule has 118 valence electrons. The number of thioether (sulfide) groups is 1. The second-order valence-corrected chi connectivity index (χ2v) is 8.35. The molecule has 2 rings (SSSR count). The molecule has 0 aromatic heterocycles. The third kappa shape index (κ3) is 5.29. The maximum absolute atomic E-state index is 12.2. The third-order valence-corrected chi connectivity index (χ3v) is 6.38. The Labute approximate surface area is 132 Å². The van der Waals surface area contributed by atoms with Crippen LogP contribution in [0.5, 0.6) is 0 Å². The molecule has 4 nitrogen and oxygen atoms in total. The summed E-state index contributed by atoms with van der Waals surface area (Å²) in [6.45, 7) is 1.53. The van der Waals surface area contributed by atoms with E-state index in [9.17, 15) is 8.42 Å². The minimum atomic E-state index is -3.36. The molecule has 0 saturated carbocycles. The van der Waals surface area contributed by atoms with Crippen molar-refractivity contribution < 1.29 is 8.42 Å². The molecule has 0 bridgehead atoms. The Morgan fingerprint density at radius 3 is 2.67 bits per heavy atom. The Kier molecular flexibility index (Phi) is 6.54. The Balaban J connectivity index is 1.89. The number of nitrogens with one attached hydrogen (secondary N) is 2. The zero-order chi connectivity index (χ0) is 15.1. The lowest BCUT2D eigenvalue weighted by atomic mass is 10.1. The molecule has 2 N–H and O–H groups in total. The van der Waals surface area contributed by atoms with Crippen LogP contribution in [0.1, 0.15) is 18.4 Å². The molecular weight excluding hydrogens is 304 g/mol. The third-order valence-electron chi connectivity index (χ3n) is 3.71. The maximum Gasteiger partial charge on any atom is 0.240 e. The van der Waals surface area contributed by atoms with Gasteiger partial charge < -0.3 is 5.32 Å². The van der Waals surface area contributed by atoms with Crippen molar-refractivity contribution in [2.75, 3.05) is 31.6 Å². The van der Waals surface area contributed by atoms with Gasteiger partial charge in [0.1, 0.15) is 0 Å². The van der Waals surface area contributed by atoms with Gasteiger partial charge in [-0.3, -0.25) is 0 Å². The Morgan fingerprint density at radius 2 is 2.05 bits per heavy atom. The lowest BCUT2D eigenvalue weighted by Crippen LogP contribution is -2.29. The van der Waals surface area contributed by atoms with Gasteiger partial charge in [0.2, 0.25) is 10.0 Å². The first-order chi connectivity index (χ1) is 10.1. The van der Waals surface area contributed by atoms with Crippen LogP contribution in [0, 0.1) is 5.92 Å². The summed E-state index contributed by atoms with van der Waals surface area (Å²) in [5.41, 5.74) is 1.18. The molecule has 1 aromatic carbocycles. The molecule has 6 heteroatoms. The minimum absolute atomic E-state index is 0.366. The first-order valence-corrected chi connectivity index (χ1v) is 10.1. The van der Waals surface area contributed by atoms with E-state index in [2.05, 4.69) is 10.0 Å². The van der Waals surface area contributed by atoms with E-state index in [-0.39, 0.29) is 0 Å². The SMILES string of the molecule is CNCCCc1ccc(S(=O)(=O)NCC2CCSC2)cc1. The maximum atomic E-state index is 12.2. The number of rotatable bonds is 8. The summed E-state index contributed by atoms with van der Waals surface area (Å²) in [7, 11) is -1.43. The summed E-state index contributed by atoms with van der Waals surface area (Å²) in [6.07, 6.45) is 3.13. The van der Waals surface area contributed by atoms with Crippen LogP contribution < -0.4 is 10.0 Å². The summed E-state index contributed by atoms with van der Waals surface area (Å²) in [4.78, 5) is 0.366. The molecule has 1 unspecified atom stereocenters. The second-order valence-electron chi connectivity index (χ2n) is 5.43. The van der Waals surface area contributed by atoms with Crippen LogP contribution in [0.4, 0.5) is 0 Å². The van der Waals surface area contributed by atoms with Gasteiger partial charge in [-0.05, 0) is 68.0 Å². The summed E-state index contributed by atoms with van der Waals surface area (Å²) in [5.74, 6) is 2.69. The van der Waals surface area contributed by atoms with Crippen LogP contribution in [0.15, 0.2) is 29.2 Å². The summed E-state index contributed by atoms with van der Waals surface area (Å²) < 4.78 is 27.2. The quantitative estimate of drug-likeness (QED) is 0.715. The van der Waals surface area contributed by atoms with Gasteiger partial charge in [-0.2, -0.15) is 11.8 Å². The summed E-state index contributed by atoms with van der Waals surface area (Å²) in [6, 6.07) is 7.24. The van der Waals surface area contributed by atoms with Crippen molar-refractivity contribution in [3.63, 3.8) is 0 Å². The summed E-state index contributed by atoms with van der Waals surface area (Å²) in [5, 5.41) is 3.11. The van der Waals surface area contributed by atoms with E-state index >= 15 is 0 Å². The van der Waals surface area contributed by atoms with Gasteiger partial charge in [-0.1, -0.05) is 12.1 Å². The van der Waals surface area contributed by atoms with Crippen LogP contribution in [0.2, 0.25) is 0 Å². The van der Waals surface area contributed by atoms with Crippen molar-refractivity contribution in [1.29, 1.82) is 0 Å². The Hall–Kier alpha value is -0.560. The number of aryl methyl sites for hydroxylation is 1. The number of hydrogen-bond donors (Lipinski definition) is 2. The van der Waals surface area contributed by atoms with Gasteiger partial charge in [0, 0.05) is 6.54 Å². The van der Waals surface area contributed by atoms with Crippen LogP contribution >= 0.6 is 11.8 Å². The molecule has 1 aromatic rings. The van der Waals surface area contributed by atoms with Crippen LogP contribution in [0.25, 0.3) is 0 Å². The monoisotopic (exact) mass is 328 g/mol. The molecule has 1 heterocycles. The van der Waals surface area contributed by atoms with E-state index in [1.54, 1.807) is 12.1 Å². The van der Waals surface area contributed by atoms with Gasteiger partial charge >= 0.3 is 0 Å². The normalized spacial score (nSPS) is 19.0. The van der Waals surface area contributed by atoms with Crippen molar-refractivity contribution >= 4 is 21.8 Å². The predicted molar refractivity (Wildman–Crippen MR) is 89.3 cm³/mol. The van der Waals surface area contributed by atoms with Gasteiger partial charge in [0.05, 0.1) is 4.90 Å². The average Bonchev–Trinajstić information content (AvgIpc) is 3.00. The molecule has 0 aliphatic carbocycles. The van der Waals surface area contributed by atoms with Crippen molar-refractivity contribution in [2.45, 2.75) is 24.2 Å². The van der Waals surface area contributed by atoms with Crippen LogP contribution in [0.3, 0.4) is 0 Å². The molecule has 1 aliphatic heterocycles. The van der Waals surface area contributed by atoms with Gasteiger partial charge in [-0.15, -0.1) is 0 Å². The van der Waals surface area contributed by atoms with Crippen LogP contribution in [-0.4, -0.2) is 40.1 Å². The molecule has 0 spiro atoms. The predicted octanol–water partition coefficient (Wildman–Crippen LogP) is 1.87. The standard InChI is InChI=1S/C15H24N2O2S2/c1-16-9-2-3-13-4-6-15(7-5-13)21(18,19)17-11-14-8-10-20-12-14/h4-7,14,16-17H,2-3,8-12H2,1H3. The zero-order valence-electron chi connectivity index (χ0n) is 12.5. The number of benzene rings is 1. The van der Waals surface area contributed by atoms with Gasteiger partial charge in [0.25, 0.3) is 0 Å². The highest BCUT2D eigenvalue weighted by Crippen LogP contribution is 2.23. The highest BCUT2D eigenvalue weighted by atomic mass is 32.2. The molecule has 21 heavy (non-hydrogen) atoms. The van der Waals surface area contributed by atoms with E-state index in [1.165, 1.54) is 5.56 Å². The van der Waals surface area contributed by atoms with Crippen molar-refractivity contribution in [1.82, 2.24) is 10.0 Å².